The zero-order valence-corrected chi connectivity index (χ0v) is 14.6. The Morgan fingerprint density at radius 1 is 1.29 bits per heavy atom. The molecule has 2 aromatic rings. The van der Waals surface area contributed by atoms with E-state index < -0.39 is 0 Å². The Morgan fingerprint density at radius 2 is 2.25 bits per heavy atom. The standard InChI is InChI=1S/C19H28N4O/c1-24-13-12-23-16-20-14-19(23)15-22-11-5-3-7-18(22)9-8-17-6-2-4-10-21-17/h2,4,6,10,14,16,18H,3,5,7-9,11-13,15H2,1H3/t18-/m1/s1. The third kappa shape index (κ3) is 4.65. The lowest BCUT2D eigenvalue weighted by atomic mass is 9.97. The van der Waals surface area contributed by atoms with Crippen LogP contribution in [0.4, 0.5) is 0 Å². The van der Waals surface area contributed by atoms with Crippen LogP contribution in [0.3, 0.4) is 0 Å². The summed E-state index contributed by atoms with van der Waals surface area (Å²) in [5.41, 5.74) is 2.49. The number of aromatic nitrogens is 3. The van der Waals surface area contributed by atoms with Crippen molar-refractivity contribution in [1.29, 1.82) is 0 Å². The van der Waals surface area contributed by atoms with Gasteiger partial charge in [-0.3, -0.25) is 9.88 Å². The minimum Gasteiger partial charge on any atom is -0.383 e. The molecule has 0 bridgehead atoms. The van der Waals surface area contributed by atoms with Gasteiger partial charge in [-0.05, 0) is 44.4 Å². The van der Waals surface area contributed by atoms with Crippen molar-refractivity contribution in [3.63, 3.8) is 0 Å². The van der Waals surface area contributed by atoms with Crippen LogP contribution in [0.1, 0.15) is 37.1 Å². The molecule has 5 nitrogen and oxygen atoms in total. The van der Waals surface area contributed by atoms with Crippen molar-refractivity contribution in [2.75, 3.05) is 20.3 Å². The zero-order chi connectivity index (χ0) is 16.6. The Hall–Kier alpha value is -1.72. The third-order valence-electron chi connectivity index (χ3n) is 4.91. The van der Waals surface area contributed by atoms with Crippen molar-refractivity contribution in [1.82, 2.24) is 19.4 Å². The van der Waals surface area contributed by atoms with Crippen LogP contribution in [0.15, 0.2) is 36.9 Å². The number of ether oxygens (including phenoxy) is 1. The monoisotopic (exact) mass is 328 g/mol. The Balaban J connectivity index is 1.59. The van der Waals surface area contributed by atoms with Gasteiger partial charge in [0.15, 0.2) is 0 Å². The minimum absolute atomic E-state index is 0.645. The highest BCUT2D eigenvalue weighted by molar-refractivity contribution is 5.04. The van der Waals surface area contributed by atoms with E-state index >= 15 is 0 Å². The van der Waals surface area contributed by atoms with Crippen LogP contribution in [-0.4, -0.2) is 45.7 Å². The van der Waals surface area contributed by atoms with Gasteiger partial charge in [-0.15, -0.1) is 0 Å². The zero-order valence-electron chi connectivity index (χ0n) is 14.6. The number of methoxy groups -OCH3 is 1. The minimum atomic E-state index is 0.645. The molecule has 0 aromatic carbocycles. The number of pyridine rings is 1. The molecule has 0 radical (unpaired) electrons. The highest BCUT2D eigenvalue weighted by Gasteiger charge is 2.23. The molecule has 1 saturated heterocycles. The molecule has 5 heteroatoms. The molecular weight excluding hydrogens is 300 g/mol. The van der Waals surface area contributed by atoms with Gasteiger partial charge in [0.05, 0.1) is 18.6 Å². The first-order chi connectivity index (χ1) is 11.9. The van der Waals surface area contributed by atoms with Gasteiger partial charge in [-0.25, -0.2) is 4.98 Å². The van der Waals surface area contributed by atoms with Gasteiger partial charge in [0, 0.05) is 44.3 Å². The number of piperidine rings is 1. The molecular formula is C19H28N4O. The van der Waals surface area contributed by atoms with Crippen LogP contribution >= 0.6 is 0 Å². The van der Waals surface area contributed by atoms with E-state index in [-0.39, 0.29) is 0 Å². The van der Waals surface area contributed by atoms with Gasteiger partial charge >= 0.3 is 0 Å². The van der Waals surface area contributed by atoms with Crippen molar-refractivity contribution < 1.29 is 4.74 Å². The van der Waals surface area contributed by atoms with E-state index in [1.165, 1.54) is 43.6 Å². The van der Waals surface area contributed by atoms with Gasteiger partial charge in [0.25, 0.3) is 0 Å². The van der Waals surface area contributed by atoms with Gasteiger partial charge < -0.3 is 9.30 Å². The van der Waals surface area contributed by atoms with Crippen LogP contribution < -0.4 is 0 Å². The lowest BCUT2D eigenvalue weighted by Gasteiger charge is -2.36. The molecule has 24 heavy (non-hydrogen) atoms. The van der Waals surface area contributed by atoms with E-state index in [2.05, 4.69) is 31.6 Å². The second-order valence-corrected chi connectivity index (χ2v) is 6.55. The Kier molecular flexibility index (Phi) is 6.38. The second kappa shape index (κ2) is 8.94. The maximum absolute atomic E-state index is 5.20. The number of nitrogens with zero attached hydrogens (tertiary/aromatic N) is 4. The molecule has 130 valence electrons. The SMILES string of the molecule is COCCn1cncc1CN1CCCC[C@@H]1CCc1ccccn1. The van der Waals surface area contributed by atoms with Crippen LogP contribution in [-0.2, 0) is 24.2 Å². The number of aryl methyl sites for hydroxylation is 1. The van der Waals surface area contributed by atoms with E-state index in [0.717, 1.165) is 26.1 Å². The number of imidazole rings is 1. The highest BCUT2D eigenvalue weighted by Crippen LogP contribution is 2.23. The summed E-state index contributed by atoms with van der Waals surface area (Å²) in [4.78, 5) is 11.4. The van der Waals surface area contributed by atoms with Gasteiger partial charge in [-0.1, -0.05) is 12.5 Å². The quantitative estimate of drug-likeness (QED) is 0.747. The predicted molar refractivity (Wildman–Crippen MR) is 94.7 cm³/mol. The van der Waals surface area contributed by atoms with E-state index in [0.29, 0.717) is 6.04 Å². The molecule has 1 atom stereocenters. The molecule has 0 unspecified atom stereocenters. The van der Waals surface area contributed by atoms with Crippen LogP contribution in [0.25, 0.3) is 0 Å². The third-order valence-corrected chi connectivity index (χ3v) is 4.91. The molecule has 2 aromatic heterocycles. The molecule has 1 aliphatic heterocycles. The Labute approximate surface area is 144 Å². The van der Waals surface area contributed by atoms with Crippen molar-refractivity contribution in [2.45, 2.75) is 51.2 Å². The van der Waals surface area contributed by atoms with Crippen molar-refractivity contribution in [3.8, 4) is 0 Å². The molecule has 1 aliphatic rings. The number of hydrogen-bond donors (Lipinski definition) is 0. The summed E-state index contributed by atoms with van der Waals surface area (Å²) in [6.45, 7) is 3.77. The fraction of sp³-hybridized carbons (Fsp3) is 0.579. The van der Waals surface area contributed by atoms with Crippen molar-refractivity contribution in [3.05, 3.63) is 48.3 Å². The van der Waals surface area contributed by atoms with Gasteiger partial charge in [0.2, 0.25) is 0 Å². The Morgan fingerprint density at radius 3 is 3.08 bits per heavy atom. The molecule has 0 aliphatic carbocycles. The predicted octanol–water partition coefficient (Wildman–Crippen LogP) is 2.91. The summed E-state index contributed by atoms with van der Waals surface area (Å²) < 4.78 is 7.42. The van der Waals surface area contributed by atoms with Crippen LogP contribution in [0.2, 0.25) is 0 Å². The van der Waals surface area contributed by atoms with E-state index in [4.69, 9.17) is 4.74 Å². The summed E-state index contributed by atoms with van der Waals surface area (Å²) in [5.74, 6) is 0. The van der Waals surface area contributed by atoms with Crippen LogP contribution in [0.5, 0.6) is 0 Å². The van der Waals surface area contributed by atoms with E-state index in [1.54, 1.807) is 7.11 Å². The van der Waals surface area contributed by atoms with Crippen LogP contribution in [0, 0.1) is 0 Å². The Bertz CT molecular complexity index is 598. The number of rotatable bonds is 8. The summed E-state index contributed by atoms with van der Waals surface area (Å²) in [6, 6.07) is 6.84. The molecule has 0 spiro atoms. The fourth-order valence-corrected chi connectivity index (χ4v) is 3.53. The van der Waals surface area contributed by atoms with E-state index in [1.807, 2.05) is 24.8 Å². The largest absolute Gasteiger partial charge is 0.383 e. The summed E-state index contributed by atoms with van der Waals surface area (Å²) in [5, 5.41) is 0. The maximum atomic E-state index is 5.20. The highest BCUT2D eigenvalue weighted by atomic mass is 16.5. The molecule has 0 saturated carbocycles. The fourth-order valence-electron chi connectivity index (χ4n) is 3.53. The topological polar surface area (TPSA) is 43.2 Å². The number of likely N-dealkylation sites (tertiary alicyclic amines) is 1. The van der Waals surface area contributed by atoms with Gasteiger partial charge in [0.1, 0.15) is 0 Å². The second-order valence-electron chi connectivity index (χ2n) is 6.55. The molecule has 1 fully saturated rings. The summed E-state index contributed by atoms with van der Waals surface area (Å²) in [7, 11) is 1.74. The smallest absolute Gasteiger partial charge is 0.0949 e. The first-order valence-corrected chi connectivity index (χ1v) is 8.98. The molecule has 0 amide bonds. The van der Waals surface area contributed by atoms with Crippen molar-refractivity contribution in [2.24, 2.45) is 0 Å². The van der Waals surface area contributed by atoms with Crippen molar-refractivity contribution >= 4 is 0 Å². The first kappa shape index (κ1) is 17.1. The normalized spacial score (nSPS) is 18.8. The lowest BCUT2D eigenvalue weighted by Crippen LogP contribution is -2.39. The molecule has 3 heterocycles. The average molecular weight is 328 g/mol. The number of hydrogen-bond acceptors (Lipinski definition) is 4. The van der Waals surface area contributed by atoms with Gasteiger partial charge in [-0.2, -0.15) is 0 Å². The lowest BCUT2D eigenvalue weighted by molar-refractivity contribution is 0.127. The molecule has 0 N–H and O–H groups in total. The van der Waals surface area contributed by atoms with E-state index in [9.17, 15) is 0 Å². The first-order valence-electron chi connectivity index (χ1n) is 8.98. The maximum Gasteiger partial charge on any atom is 0.0949 e. The molecule has 3 rings (SSSR count). The average Bonchev–Trinajstić information content (AvgIpc) is 3.07. The summed E-state index contributed by atoms with van der Waals surface area (Å²) >= 11 is 0. The summed E-state index contributed by atoms with van der Waals surface area (Å²) in [6.07, 6.45) is 12.0.